The number of allylic oxidation sites excluding steroid dienone is 2. The van der Waals surface area contributed by atoms with Gasteiger partial charge in [-0.15, -0.1) is 33.5 Å². The minimum Gasteiger partial charge on any atom is -0.664 e. The number of carboxylic acid groups (broad SMARTS) is 1. The first kappa shape index (κ1) is 32.6. The minimum absolute atomic E-state index is 0. The van der Waals surface area contributed by atoms with Gasteiger partial charge in [-0.1, -0.05) is 59.9 Å². The summed E-state index contributed by atoms with van der Waals surface area (Å²) >= 11 is 0. The molecule has 0 radical (unpaired) electrons. The van der Waals surface area contributed by atoms with Crippen LogP contribution in [0.25, 0.3) is 29.1 Å². The Bertz CT molecular complexity index is 1940. The van der Waals surface area contributed by atoms with Crippen molar-refractivity contribution in [3.05, 3.63) is 83.6 Å². The van der Waals surface area contributed by atoms with E-state index in [4.69, 9.17) is 25.0 Å². The fraction of sp³-hybridized carbons (Fsp3) is 0.382. The van der Waals surface area contributed by atoms with E-state index >= 15 is 0 Å². The molecule has 5 heterocycles. The molecule has 3 aromatic heterocycles. The molecule has 2 aliphatic heterocycles. The molecule has 8 bridgehead atoms. The summed E-state index contributed by atoms with van der Waals surface area (Å²) in [7, 11) is 1.24. The number of carbonyl (C=O) groups excluding carboxylic acids is 2. The van der Waals surface area contributed by atoms with Crippen LogP contribution in [0.5, 0.6) is 0 Å². The van der Waals surface area contributed by atoms with Crippen LogP contribution in [-0.2, 0) is 27.4 Å². The van der Waals surface area contributed by atoms with Gasteiger partial charge in [0.2, 0.25) is 0 Å². The third-order valence-corrected chi connectivity index (χ3v) is 9.45. The molecule has 0 spiro atoms. The molecule has 45 heavy (non-hydrogen) atoms. The Morgan fingerprint density at radius 1 is 0.933 bits per heavy atom. The Labute approximate surface area is 276 Å². The maximum Gasteiger partial charge on any atom is 2.00 e. The molecule has 6 rings (SSSR count). The minimum atomic E-state index is -1.25. The molecule has 3 aromatic rings. The molecular weight excluding hydrogens is 585 g/mol. The molecule has 1 saturated heterocycles. The third kappa shape index (κ3) is 5.10. The SMILES string of the molecule is CCc1c(C)/c2[n-]/c1=C\c1[n-]c3c(c1C)C(=O)[C@H](C(=O)OC)/C3=C1/[N-]/C(=C\c3[n-]c(c(CO)c3C)\C=2)[C@@H](C)[C@@H]1CCC(=O)O.[Mg+2]. The Morgan fingerprint density at radius 2 is 1.62 bits per heavy atom. The fourth-order valence-electron chi connectivity index (χ4n) is 6.90. The van der Waals surface area contributed by atoms with Gasteiger partial charge in [-0.2, -0.15) is 11.4 Å². The number of Topliss-reactive ketones (excluding diaryl/α,β-unsaturated/α-hetero) is 1. The summed E-state index contributed by atoms with van der Waals surface area (Å²) in [6.07, 6.45) is 6.47. The predicted molar refractivity (Wildman–Crippen MR) is 169 cm³/mol. The summed E-state index contributed by atoms with van der Waals surface area (Å²) in [6.45, 7) is 9.52. The number of aliphatic hydroxyl groups excluding tert-OH is 1. The number of carbonyl (C=O) groups is 3. The Hall–Kier alpha value is -3.80. The number of hydrogen-bond acceptors (Lipinski definition) is 5. The number of aliphatic hydroxyl groups is 1. The van der Waals surface area contributed by atoms with Gasteiger partial charge in [0.25, 0.3) is 0 Å². The quantitative estimate of drug-likeness (QED) is 0.240. The van der Waals surface area contributed by atoms with Crippen LogP contribution in [-0.4, -0.2) is 58.1 Å². The predicted octanol–water partition coefficient (Wildman–Crippen LogP) is 2.37. The van der Waals surface area contributed by atoms with Crippen LogP contribution < -0.4 is 25.7 Å². The van der Waals surface area contributed by atoms with Gasteiger partial charge in [-0.3, -0.25) is 14.4 Å². The average molecular weight is 619 g/mol. The monoisotopic (exact) mass is 618 g/mol. The first-order chi connectivity index (χ1) is 21.0. The topological polar surface area (TPSA) is 157 Å². The Morgan fingerprint density at radius 3 is 2.27 bits per heavy atom. The molecule has 10 nitrogen and oxygen atoms in total. The fourth-order valence-corrected chi connectivity index (χ4v) is 6.90. The van der Waals surface area contributed by atoms with Crippen LogP contribution in [0.1, 0.15) is 87.6 Å². The molecule has 1 aliphatic carbocycles. The van der Waals surface area contributed by atoms with E-state index in [2.05, 4.69) is 6.92 Å². The second-order valence-electron chi connectivity index (χ2n) is 11.7. The molecule has 1 fully saturated rings. The van der Waals surface area contributed by atoms with Crippen LogP contribution in [0, 0.1) is 38.5 Å². The van der Waals surface area contributed by atoms with Gasteiger partial charge in [0.1, 0.15) is 5.92 Å². The first-order valence-electron chi connectivity index (χ1n) is 14.8. The molecule has 3 atom stereocenters. The van der Waals surface area contributed by atoms with E-state index in [0.717, 1.165) is 33.8 Å². The molecule has 3 aliphatic rings. The summed E-state index contributed by atoms with van der Waals surface area (Å²) in [4.78, 5) is 53.6. The number of hydrogen-bond donors (Lipinski definition) is 2. The van der Waals surface area contributed by atoms with E-state index < -0.39 is 29.6 Å². The number of ketones is 1. The van der Waals surface area contributed by atoms with Crippen LogP contribution in [0.2, 0.25) is 0 Å². The molecule has 2 N–H and O–H groups in total. The van der Waals surface area contributed by atoms with Gasteiger partial charge in [0.15, 0.2) is 5.78 Å². The molecule has 0 amide bonds. The van der Waals surface area contributed by atoms with Gasteiger partial charge in [-0.05, 0) is 51.0 Å². The van der Waals surface area contributed by atoms with Gasteiger partial charge >= 0.3 is 35.0 Å². The smallest absolute Gasteiger partial charge is 0.664 e. The van der Waals surface area contributed by atoms with Gasteiger partial charge in [0, 0.05) is 12.0 Å². The number of nitrogens with zero attached hydrogens (tertiary/aromatic N) is 4. The van der Waals surface area contributed by atoms with Gasteiger partial charge in [-0.25, -0.2) is 0 Å². The maximum atomic E-state index is 14.0. The van der Waals surface area contributed by atoms with Crippen molar-refractivity contribution in [2.24, 2.45) is 17.8 Å². The van der Waals surface area contributed by atoms with Crippen molar-refractivity contribution in [2.75, 3.05) is 7.11 Å². The number of esters is 1. The molecular formula is C34H34MgN4O6-2. The second kappa shape index (κ2) is 12.2. The molecule has 230 valence electrons. The number of rotatable bonds is 6. The van der Waals surface area contributed by atoms with E-state index in [1.54, 1.807) is 0 Å². The molecule has 0 aromatic carbocycles. The second-order valence-corrected chi connectivity index (χ2v) is 11.7. The number of fused-ring (bicyclic) bond motifs is 7. The standard InChI is InChI=1S/C34H36N4O6.Mg/c1-7-18-14(2)22-11-26-20(13-39)16(4)21(36-26)10-23-15(3)19(8-9-27(40)41)31(37-23)29-30(34(43)44-6)33(42)28-17(5)24(38-32(28)29)12-25(18)35-22;/h10-12,15,19,30,39H,7-9,13H2,1-6H3,(H3,37,38,40,41,42);/q-2;+2/p-2/b22-11-,23-10-,25-12-;/t15-,19-,30+;/m0./s1. The largest absolute Gasteiger partial charge is 2.00 e. The van der Waals surface area contributed by atoms with Crippen LogP contribution in [0.3, 0.4) is 0 Å². The van der Waals surface area contributed by atoms with Crippen LogP contribution in [0.4, 0.5) is 0 Å². The zero-order chi connectivity index (χ0) is 31.6. The number of aromatic nitrogens is 3. The van der Waals surface area contributed by atoms with E-state index in [-0.39, 0.29) is 48.4 Å². The Balaban J connectivity index is 0.00000400. The maximum absolute atomic E-state index is 14.0. The van der Waals surface area contributed by atoms with Crippen molar-refractivity contribution >= 4 is 64.6 Å². The molecule has 0 saturated carbocycles. The van der Waals surface area contributed by atoms with Crippen molar-refractivity contribution in [3.63, 3.8) is 0 Å². The number of aliphatic carboxylic acids is 1. The van der Waals surface area contributed by atoms with E-state index in [9.17, 15) is 24.6 Å². The normalized spacial score (nSPS) is 24.1. The van der Waals surface area contributed by atoms with Crippen molar-refractivity contribution in [3.8, 4) is 0 Å². The summed E-state index contributed by atoms with van der Waals surface area (Å²) in [5.41, 5.74) is 8.20. The van der Waals surface area contributed by atoms with Crippen molar-refractivity contribution in [2.45, 2.75) is 60.5 Å². The van der Waals surface area contributed by atoms with E-state index in [1.165, 1.54) is 7.11 Å². The van der Waals surface area contributed by atoms with Crippen molar-refractivity contribution in [1.29, 1.82) is 0 Å². The summed E-state index contributed by atoms with van der Waals surface area (Å²) in [6, 6.07) is 0. The van der Waals surface area contributed by atoms with E-state index in [0.29, 0.717) is 56.4 Å². The third-order valence-electron chi connectivity index (χ3n) is 9.45. The zero-order valence-electron chi connectivity index (χ0n) is 26.3. The summed E-state index contributed by atoms with van der Waals surface area (Å²) < 4.78 is 5.10. The average Bonchev–Trinajstić information content (AvgIpc) is 3.72. The first-order valence-corrected chi connectivity index (χ1v) is 14.8. The van der Waals surface area contributed by atoms with Gasteiger partial charge in [0.05, 0.1) is 13.7 Å². The summed E-state index contributed by atoms with van der Waals surface area (Å²) in [5, 5.41) is 26.4. The molecule has 11 heteroatoms. The van der Waals surface area contributed by atoms with Crippen molar-refractivity contribution < 1.29 is 29.3 Å². The number of carboxylic acids is 1. The zero-order valence-corrected chi connectivity index (χ0v) is 27.7. The van der Waals surface area contributed by atoms with Crippen LogP contribution in [0.15, 0.2) is 11.4 Å². The summed E-state index contributed by atoms with van der Waals surface area (Å²) in [5.74, 6) is -3.96. The Kier molecular flexibility index (Phi) is 8.82. The van der Waals surface area contributed by atoms with E-state index in [1.807, 2.05) is 45.9 Å². The number of ether oxygens (including phenoxy) is 1. The van der Waals surface area contributed by atoms with Gasteiger partial charge < -0.3 is 35.2 Å². The van der Waals surface area contributed by atoms with Crippen LogP contribution >= 0.6 is 0 Å². The molecule has 0 unspecified atom stereocenters. The van der Waals surface area contributed by atoms with Crippen molar-refractivity contribution in [1.82, 2.24) is 15.0 Å². The number of methoxy groups -OCH3 is 1.